The predicted octanol–water partition coefficient (Wildman–Crippen LogP) is 5.01. The Morgan fingerprint density at radius 2 is 1.57 bits per heavy atom. The Bertz CT molecular complexity index is 1200. The summed E-state index contributed by atoms with van der Waals surface area (Å²) in [6.45, 7) is 0. The number of carbonyl (C=O) groups excluding carboxylic acids is 1. The second-order valence-electron chi connectivity index (χ2n) is 6.87. The summed E-state index contributed by atoms with van der Waals surface area (Å²) in [5, 5.41) is 5.81. The number of rotatable bonds is 2. The molecule has 0 amide bonds. The van der Waals surface area contributed by atoms with Crippen molar-refractivity contribution < 1.29 is 4.79 Å². The number of halogens is 2. The molecule has 1 aliphatic carbocycles. The van der Waals surface area contributed by atoms with E-state index in [1.807, 2.05) is 36.4 Å². The molecule has 2 heterocycles. The molecule has 0 bridgehead atoms. The molecule has 5 rings (SSSR count). The van der Waals surface area contributed by atoms with E-state index in [1.54, 1.807) is 22.8 Å². The number of nitrogens with zero attached hydrogens (tertiary/aromatic N) is 4. The highest BCUT2D eigenvalue weighted by Crippen LogP contribution is 2.32. The van der Waals surface area contributed by atoms with E-state index in [9.17, 15) is 4.79 Å². The van der Waals surface area contributed by atoms with Crippen LogP contribution in [0.4, 0.5) is 0 Å². The van der Waals surface area contributed by atoms with Gasteiger partial charge in [-0.05, 0) is 54.3 Å². The van der Waals surface area contributed by atoms with Crippen LogP contribution in [0.5, 0.6) is 0 Å². The first-order chi connectivity index (χ1) is 13.6. The molecule has 28 heavy (non-hydrogen) atoms. The number of hydrogen-bond acceptors (Lipinski definition) is 4. The van der Waals surface area contributed by atoms with Crippen LogP contribution in [0, 0.1) is 0 Å². The molecule has 1 aliphatic rings. The van der Waals surface area contributed by atoms with Gasteiger partial charge in [0.15, 0.2) is 11.6 Å². The standard InChI is InChI=1S/C21H14Cl2N4O/c22-15-5-1-12(2-6-15)14-9-18-17(19(28)10-14)11-27-21(24-18)25-20(26-27)13-3-7-16(23)8-4-13/h1-8,11,14H,9-10H2. The van der Waals surface area contributed by atoms with Gasteiger partial charge in [0.2, 0.25) is 0 Å². The number of benzene rings is 2. The normalized spacial score (nSPS) is 16.4. The average molecular weight is 409 g/mol. The Morgan fingerprint density at radius 3 is 2.29 bits per heavy atom. The van der Waals surface area contributed by atoms with Crippen LogP contribution in [-0.2, 0) is 6.42 Å². The van der Waals surface area contributed by atoms with Crippen molar-refractivity contribution in [1.82, 2.24) is 19.6 Å². The van der Waals surface area contributed by atoms with E-state index in [-0.39, 0.29) is 11.7 Å². The third kappa shape index (κ3) is 3.07. The molecule has 2 aromatic carbocycles. The lowest BCUT2D eigenvalue weighted by Gasteiger charge is -2.23. The number of Topliss-reactive ketones (excluding diaryl/α,β-unsaturated/α-hetero) is 1. The predicted molar refractivity (Wildman–Crippen MR) is 108 cm³/mol. The molecular weight excluding hydrogens is 395 g/mol. The third-order valence-electron chi connectivity index (χ3n) is 5.03. The number of ketones is 1. The van der Waals surface area contributed by atoms with Crippen LogP contribution in [0.3, 0.4) is 0 Å². The largest absolute Gasteiger partial charge is 0.294 e. The van der Waals surface area contributed by atoms with Gasteiger partial charge >= 0.3 is 0 Å². The van der Waals surface area contributed by atoms with Crippen LogP contribution in [0.1, 0.15) is 34.0 Å². The summed E-state index contributed by atoms with van der Waals surface area (Å²) in [7, 11) is 0. The van der Waals surface area contributed by atoms with Gasteiger partial charge < -0.3 is 0 Å². The lowest BCUT2D eigenvalue weighted by Crippen LogP contribution is -2.21. The maximum atomic E-state index is 12.8. The van der Waals surface area contributed by atoms with E-state index in [4.69, 9.17) is 23.2 Å². The highest BCUT2D eigenvalue weighted by Gasteiger charge is 2.28. The fourth-order valence-electron chi connectivity index (χ4n) is 3.58. The summed E-state index contributed by atoms with van der Waals surface area (Å²) in [5.41, 5.74) is 3.32. The number of fused-ring (bicyclic) bond motifs is 2. The highest BCUT2D eigenvalue weighted by molar-refractivity contribution is 6.30. The zero-order valence-electron chi connectivity index (χ0n) is 14.6. The first kappa shape index (κ1) is 17.3. The monoisotopic (exact) mass is 408 g/mol. The lowest BCUT2D eigenvalue weighted by molar-refractivity contribution is 0.0962. The molecule has 5 nitrogen and oxygen atoms in total. The van der Waals surface area contributed by atoms with Crippen LogP contribution in [0.25, 0.3) is 17.2 Å². The molecule has 0 saturated carbocycles. The Balaban J connectivity index is 1.53. The van der Waals surface area contributed by atoms with Crippen molar-refractivity contribution >= 4 is 34.8 Å². The van der Waals surface area contributed by atoms with Crippen molar-refractivity contribution in [3.05, 3.63) is 81.6 Å². The molecule has 0 saturated heterocycles. The van der Waals surface area contributed by atoms with Gasteiger partial charge in [-0.15, -0.1) is 5.10 Å². The zero-order valence-corrected chi connectivity index (χ0v) is 16.2. The van der Waals surface area contributed by atoms with Crippen molar-refractivity contribution in [3.63, 3.8) is 0 Å². The van der Waals surface area contributed by atoms with E-state index in [1.165, 1.54) is 0 Å². The van der Waals surface area contributed by atoms with Crippen LogP contribution >= 0.6 is 23.2 Å². The fourth-order valence-corrected chi connectivity index (χ4v) is 3.83. The average Bonchev–Trinajstić information content (AvgIpc) is 3.10. The molecule has 0 N–H and O–H groups in total. The molecule has 0 fully saturated rings. The quantitative estimate of drug-likeness (QED) is 0.467. The van der Waals surface area contributed by atoms with E-state index < -0.39 is 0 Å². The van der Waals surface area contributed by atoms with E-state index in [2.05, 4.69) is 15.1 Å². The number of carbonyl (C=O) groups is 1. The molecule has 4 aromatic rings. The van der Waals surface area contributed by atoms with Crippen LogP contribution < -0.4 is 0 Å². The summed E-state index contributed by atoms with van der Waals surface area (Å²) in [6, 6.07) is 15.0. The second-order valence-corrected chi connectivity index (χ2v) is 7.74. The lowest BCUT2D eigenvalue weighted by atomic mass is 9.82. The number of hydrogen-bond donors (Lipinski definition) is 0. The topological polar surface area (TPSA) is 60.2 Å². The van der Waals surface area contributed by atoms with Crippen LogP contribution in [0.15, 0.2) is 54.7 Å². The van der Waals surface area contributed by atoms with Gasteiger partial charge in [0.05, 0.1) is 11.3 Å². The summed E-state index contributed by atoms with van der Waals surface area (Å²) in [6.07, 6.45) is 2.87. The number of aromatic nitrogens is 4. The zero-order chi connectivity index (χ0) is 19.3. The summed E-state index contributed by atoms with van der Waals surface area (Å²) in [4.78, 5) is 21.9. The maximum absolute atomic E-state index is 12.8. The molecule has 0 aliphatic heterocycles. The van der Waals surface area contributed by atoms with Gasteiger partial charge in [-0.3, -0.25) is 4.79 Å². The minimum absolute atomic E-state index is 0.0687. The molecule has 0 spiro atoms. The van der Waals surface area contributed by atoms with Gasteiger partial charge in [-0.1, -0.05) is 35.3 Å². The smallest absolute Gasteiger partial charge is 0.252 e. The Labute approximate surface area is 171 Å². The summed E-state index contributed by atoms with van der Waals surface area (Å²) in [5.74, 6) is 1.19. The van der Waals surface area contributed by atoms with Crippen LogP contribution in [-0.4, -0.2) is 25.4 Å². The molecular formula is C21H14Cl2N4O. The van der Waals surface area contributed by atoms with Gasteiger partial charge in [0.1, 0.15) is 0 Å². The minimum Gasteiger partial charge on any atom is -0.294 e. The van der Waals surface area contributed by atoms with Gasteiger partial charge in [-0.2, -0.15) is 4.98 Å². The molecule has 1 unspecified atom stereocenters. The SMILES string of the molecule is O=C1CC(c2ccc(Cl)cc2)Cc2nc3nc(-c4ccc(Cl)cc4)nn3cc21. The third-order valence-corrected chi connectivity index (χ3v) is 5.53. The Hall–Kier alpha value is -2.76. The van der Waals surface area contributed by atoms with E-state index in [0.717, 1.165) is 16.8 Å². The summed E-state index contributed by atoms with van der Waals surface area (Å²) < 4.78 is 1.57. The Kier molecular flexibility index (Phi) is 4.14. The molecule has 7 heteroatoms. The van der Waals surface area contributed by atoms with E-state index in [0.29, 0.717) is 40.1 Å². The highest BCUT2D eigenvalue weighted by atomic mass is 35.5. The van der Waals surface area contributed by atoms with Crippen molar-refractivity contribution in [2.24, 2.45) is 0 Å². The second kappa shape index (κ2) is 6.69. The van der Waals surface area contributed by atoms with Gasteiger partial charge in [0, 0.05) is 28.2 Å². The molecule has 1 atom stereocenters. The van der Waals surface area contributed by atoms with Crippen molar-refractivity contribution in [2.75, 3.05) is 0 Å². The fraction of sp³-hybridized carbons (Fsp3) is 0.143. The molecule has 138 valence electrons. The van der Waals surface area contributed by atoms with Crippen molar-refractivity contribution in [1.29, 1.82) is 0 Å². The molecule has 0 radical (unpaired) electrons. The maximum Gasteiger partial charge on any atom is 0.252 e. The van der Waals surface area contributed by atoms with Gasteiger partial charge in [-0.25, -0.2) is 9.50 Å². The minimum atomic E-state index is 0.0687. The first-order valence-corrected chi connectivity index (χ1v) is 9.63. The summed E-state index contributed by atoms with van der Waals surface area (Å²) >= 11 is 11.9. The Morgan fingerprint density at radius 1 is 0.893 bits per heavy atom. The first-order valence-electron chi connectivity index (χ1n) is 8.88. The van der Waals surface area contributed by atoms with Crippen molar-refractivity contribution in [2.45, 2.75) is 18.8 Å². The van der Waals surface area contributed by atoms with E-state index >= 15 is 0 Å². The molecule has 2 aromatic heterocycles. The van der Waals surface area contributed by atoms with Crippen LogP contribution in [0.2, 0.25) is 10.0 Å². The van der Waals surface area contributed by atoms with Gasteiger partial charge in [0.25, 0.3) is 5.78 Å². The van der Waals surface area contributed by atoms with Crippen molar-refractivity contribution in [3.8, 4) is 11.4 Å².